The third-order valence-corrected chi connectivity index (χ3v) is 6.11. The number of rotatable bonds is 5. The summed E-state index contributed by atoms with van der Waals surface area (Å²) in [4.78, 5) is 14.0. The van der Waals surface area contributed by atoms with Crippen LogP contribution in [-0.2, 0) is 14.6 Å². The second-order valence-electron chi connectivity index (χ2n) is 6.19. The third-order valence-electron chi connectivity index (χ3n) is 4.01. The van der Waals surface area contributed by atoms with Crippen molar-refractivity contribution >= 4 is 21.4 Å². The summed E-state index contributed by atoms with van der Waals surface area (Å²) in [5.74, 6) is -1.25. The Bertz CT molecular complexity index is 661. The van der Waals surface area contributed by atoms with Crippen molar-refractivity contribution in [1.82, 2.24) is 5.32 Å². The third kappa shape index (κ3) is 4.92. The fourth-order valence-corrected chi connectivity index (χ4v) is 3.40. The number of piperidine rings is 1. The van der Waals surface area contributed by atoms with E-state index >= 15 is 0 Å². The van der Waals surface area contributed by atoms with Crippen molar-refractivity contribution in [2.75, 3.05) is 23.7 Å². The second kappa shape index (κ2) is 7.29. The normalized spacial score (nSPS) is 19.0. The van der Waals surface area contributed by atoms with Crippen molar-refractivity contribution < 1.29 is 17.6 Å². The van der Waals surface area contributed by atoms with Crippen molar-refractivity contribution in [1.29, 1.82) is 0 Å². The van der Waals surface area contributed by atoms with Gasteiger partial charge in [-0.15, -0.1) is 0 Å². The topological polar surface area (TPSA) is 66.5 Å². The van der Waals surface area contributed by atoms with E-state index in [4.69, 9.17) is 0 Å². The van der Waals surface area contributed by atoms with Crippen molar-refractivity contribution in [3.05, 3.63) is 30.1 Å². The van der Waals surface area contributed by atoms with Gasteiger partial charge in [-0.3, -0.25) is 4.79 Å². The number of hydrogen-bond acceptors (Lipinski definition) is 4. The van der Waals surface area contributed by atoms with Gasteiger partial charge >= 0.3 is 0 Å². The molecule has 0 unspecified atom stereocenters. The van der Waals surface area contributed by atoms with E-state index in [2.05, 4.69) is 5.32 Å². The molecule has 128 valence electrons. The first kappa shape index (κ1) is 17.7. The standard InChI is InChI=1S/C16H23FN2O3S/c1-12(2)23(21,22)11-16(20)18-14-6-4-8-19(10-14)15-7-3-5-13(17)9-15/h3,5,7,9,12,14H,4,6,8,10-11H2,1-2H3,(H,18,20)/t14-/m1/s1. The maximum Gasteiger partial charge on any atom is 0.235 e. The average Bonchev–Trinajstić information content (AvgIpc) is 2.46. The molecule has 1 aliphatic rings. The molecule has 0 bridgehead atoms. The van der Waals surface area contributed by atoms with Gasteiger partial charge in [-0.05, 0) is 44.9 Å². The lowest BCUT2D eigenvalue weighted by molar-refractivity contribution is -0.119. The molecule has 1 atom stereocenters. The predicted octanol–water partition coefficient (Wildman–Crippen LogP) is 1.73. The van der Waals surface area contributed by atoms with Crippen molar-refractivity contribution in [2.24, 2.45) is 0 Å². The summed E-state index contributed by atoms with van der Waals surface area (Å²) < 4.78 is 36.9. The first-order chi connectivity index (χ1) is 10.8. The molecule has 0 spiro atoms. The number of carbonyl (C=O) groups excluding carboxylic acids is 1. The van der Waals surface area contributed by atoms with Crippen LogP contribution < -0.4 is 10.2 Å². The van der Waals surface area contributed by atoms with E-state index in [0.717, 1.165) is 25.1 Å². The smallest absolute Gasteiger partial charge is 0.235 e. The van der Waals surface area contributed by atoms with Crippen LogP contribution in [0.15, 0.2) is 24.3 Å². The highest BCUT2D eigenvalue weighted by atomic mass is 32.2. The van der Waals surface area contributed by atoms with Crippen LogP contribution in [0.2, 0.25) is 0 Å². The van der Waals surface area contributed by atoms with Crippen LogP contribution in [-0.4, -0.2) is 44.5 Å². The van der Waals surface area contributed by atoms with Gasteiger partial charge in [0.25, 0.3) is 0 Å². The van der Waals surface area contributed by atoms with Crippen molar-refractivity contribution in [3.8, 4) is 0 Å². The maximum absolute atomic E-state index is 13.3. The van der Waals surface area contributed by atoms with Crippen LogP contribution in [0, 0.1) is 5.82 Å². The Morgan fingerprint density at radius 1 is 1.43 bits per heavy atom. The molecule has 0 radical (unpaired) electrons. The molecule has 1 amide bonds. The summed E-state index contributed by atoms with van der Waals surface area (Å²) >= 11 is 0. The highest BCUT2D eigenvalue weighted by molar-refractivity contribution is 7.92. The molecule has 0 aromatic heterocycles. The Kier molecular flexibility index (Phi) is 5.62. The van der Waals surface area contributed by atoms with Crippen LogP contribution in [0.1, 0.15) is 26.7 Å². The van der Waals surface area contributed by atoms with E-state index in [1.807, 2.05) is 11.0 Å². The summed E-state index contributed by atoms with van der Waals surface area (Å²) in [6.45, 7) is 4.47. The van der Waals surface area contributed by atoms with Gasteiger partial charge in [-0.1, -0.05) is 6.07 Å². The van der Waals surface area contributed by atoms with Gasteiger partial charge in [0.15, 0.2) is 9.84 Å². The first-order valence-electron chi connectivity index (χ1n) is 7.79. The minimum Gasteiger partial charge on any atom is -0.369 e. The van der Waals surface area contributed by atoms with Crippen LogP contribution in [0.4, 0.5) is 10.1 Å². The summed E-state index contributed by atoms with van der Waals surface area (Å²) in [7, 11) is -3.39. The lowest BCUT2D eigenvalue weighted by Crippen LogP contribution is -2.49. The van der Waals surface area contributed by atoms with Gasteiger partial charge in [0.2, 0.25) is 5.91 Å². The molecule has 0 aliphatic carbocycles. The van der Waals surface area contributed by atoms with Gasteiger partial charge in [-0.25, -0.2) is 12.8 Å². The van der Waals surface area contributed by atoms with E-state index in [1.165, 1.54) is 12.1 Å². The zero-order chi connectivity index (χ0) is 17.0. The molecule has 1 aliphatic heterocycles. The number of sulfone groups is 1. The molecule has 7 heteroatoms. The molecular formula is C16H23FN2O3S. The highest BCUT2D eigenvalue weighted by Crippen LogP contribution is 2.20. The van der Waals surface area contributed by atoms with Gasteiger partial charge in [0, 0.05) is 24.8 Å². The number of anilines is 1. The van der Waals surface area contributed by atoms with Crippen LogP contribution in [0.25, 0.3) is 0 Å². The zero-order valence-electron chi connectivity index (χ0n) is 13.5. The van der Waals surface area contributed by atoms with Gasteiger partial charge in [0.1, 0.15) is 11.6 Å². The minimum absolute atomic E-state index is 0.123. The molecule has 1 aromatic carbocycles. The Balaban J connectivity index is 1.95. The molecule has 2 rings (SSSR count). The van der Waals surface area contributed by atoms with Gasteiger partial charge < -0.3 is 10.2 Å². The Labute approximate surface area is 136 Å². The number of carbonyl (C=O) groups is 1. The molecule has 5 nitrogen and oxygen atoms in total. The molecule has 1 fully saturated rings. The summed E-state index contributed by atoms with van der Waals surface area (Å²) in [5, 5.41) is 2.22. The monoisotopic (exact) mass is 342 g/mol. The van der Waals surface area contributed by atoms with Crippen molar-refractivity contribution in [3.63, 3.8) is 0 Å². The summed E-state index contributed by atoms with van der Waals surface area (Å²) in [6, 6.07) is 6.22. The fourth-order valence-electron chi connectivity index (χ4n) is 2.62. The van der Waals surface area contributed by atoms with Gasteiger partial charge in [-0.2, -0.15) is 0 Å². The quantitative estimate of drug-likeness (QED) is 0.885. The second-order valence-corrected chi connectivity index (χ2v) is 8.75. The zero-order valence-corrected chi connectivity index (χ0v) is 14.3. The SMILES string of the molecule is CC(C)S(=O)(=O)CC(=O)N[C@@H]1CCCN(c2cccc(F)c2)C1. The largest absolute Gasteiger partial charge is 0.369 e. The van der Waals surface area contributed by atoms with Crippen LogP contribution in [0.3, 0.4) is 0 Å². The Hall–Kier alpha value is -1.63. The van der Waals surface area contributed by atoms with E-state index in [9.17, 15) is 17.6 Å². The number of amides is 1. The predicted molar refractivity (Wildman–Crippen MR) is 88.7 cm³/mol. The molecule has 1 saturated heterocycles. The molecule has 23 heavy (non-hydrogen) atoms. The molecule has 1 heterocycles. The average molecular weight is 342 g/mol. The highest BCUT2D eigenvalue weighted by Gasteiger charge is 2.25. The summed E-state index contributed by atoms with van der Waals surface area (Å²) in [6.07, 6.45) is 1.65. The van der Waals surface area contributed by atoms with Crippen LogP contribution in [0.5, 0.6) is 0 Å². The van der Waals surface area contributed by atoms with Crippen molar-refractivity contribution in [2.45, 2.75) is 38.0 Å². The number of benzene rings is 1. The lowest BCUT2D eigenvalue weighted by atomic mass is 10.0. The fraction of sp³-hybridized carbons (Fsp3) is 0.562. The molecule has 0 saturated carbocycles. The minimum atomic E-state index is -3.39. The lowest BCUT2D eigenvalue weighted by Gasteiger charge is -2.34. The summed E-state index contributed by atoms with van der Waals surface area (Å²) in [5.41, 5.74) is 0.777. The first-order valence-corrected chi connectivity index (χ1v) is 9.51. The van der Waals surface area contributed by atoms with Gasteiger partial charge in [0.05, 0.1) is 5.25 Å². The molecule has 1 N–H and O–H groups in total. The maximum atomic E-state index is 13.3. The molecular weight excluding hydrogens is 319 g/mol. The number of nitrogens with one attached hydrogen (secondary N) is 1. The Morgan fingerprint density at radius 3 is 2.83 bits per heavy atom. The van der Waals surface area contributed by atoms with Crippen LogP contribution >= 0.6 is 0 Å². The van der Waals surface area contributed by atoms with E-state index in [0.29, 0.717) is 6.54 Å². The number of halogens is 1. The van der Waals surface area contributed by atoms with E-state index in [1.54, 1.807) is 19.9 Å². The number of hydrogen-bond donors (Lipinski definition) is 1. The van der Waals surface area contributed by atoms with E-state index in [-0.39, 0.29) is 11.9 Å². The number of nitrogens with zero attached hydrogens (tertiary/aromatic N) is 1. The molecule has 1 aromatic rings. The van der Waals surface area contributed by atoms with E-state index < -0.39 is 26.7 Å². The Morgan fingerprint density at radius 2 is 2.17 bits per heavy atom.